The van der Waals surface area contributed by atoms with Crippen molar-refractivity contribution in [3.8, 4) is 0 Å². The number of nitrogens with one attached hydrogen (secondary N) is 1. The minimum absolute atomic E-state index is 0.609. The summed E-state index contributed by atoms with van der Waals surface area (Å²) in [5, 5.41) is 3.50. The molecule has 1 unspecified atom stereocenters. The Hall–Kier alpha value is -1.63. The monoisotopic (exact) mass is 360 g/mol. The molecule has 0 aromatic heterocycles. The highest BCUT2D eigenvalue weighted by Gasteiger charge is 2.24. The lowest BCUT2D eigenvalue weighted by Crippen LogP contribution is -2.39. The van der Waals surface area contributed by atoms with Crippen molar-refractivity contribution >= 4 is 5.96 Å². The number of benzene rings is 1. The quantitative estimate of drug-likeness (QED) is 0.616. The molecule has 2 aliphatic heterocycles. The predicted molar refractivity (Wildman–Crippen MR) is 104 cm³/mol. The highest BCUT2D eigenvalue weighted by Crippen LogP contribution is 2.16. The predicted octanol–water partition coefficient (Wildman–Crippen LogP) is 1.56. The number of rotatable bonds is 6. The molecule has 1 atom stereocenters. The Morgan fingerprint density at radius 1 is 1.19 bits per heavy atom. The van der Waals surface area contributed by atoms with Crippen LogP contribution in [-0.2, 0) is 22.6 Å². The summed E-state index contributed by atoms with van der Waals surface area (Å²) in [5.74, 6) is 1.60. The molecule has 3 rings (SSSR count). The normalized spacial score (nSPS) is 22.0. The summed E-state index contributed by atoms with van der Waals surface area (Å²) in [7, 11) is 3.63. The number of aliphatic imine (C=N–C) groups is 1. The Balaban J connectivity index is 1.46. The van der Waals surface area contributed by atoms with E-state index in [2.05, 4.69) is 44.4 Å². The molecule has 144 valence electrons. The SMILES string of the molecule is CN=C(NCc1ccc(CN2CCOCC2)cc1)N1CCC(COC)C1. The summed E-state index contributed by atoms with van der Waals surface area (Å²) in [6.07, 6.45) is 1.17. The molecule has 0 spiro atoms. The molecule has 1 aromatic rings. The van der Waals surface area contributed by atoms with Crippen LogP contribution in [0.15, 0.2) is 29.3 Å². The molecule has 0 bridgehead atoms. The van der Waals surface area contributed by atoms with Crippen molar-refractivity contribution in [2.24, 2.45) is 10.9 Å². The molecule has 0 saturated carbocycles. The number of ether oxygens (including phenoxy) is 2. The van der Waals surface area contributed by atoms with Gasteiger partial charge in [-0.15, -0.1) is 0 Å². The molecule has 1 aromatic carbocycles. The maximum absolute atomic E-state index is 5.41. The van der Waals surface area contributed by atoms with Crippen molar-refractivity contribution in [2.75, 3.05) is 60.2 Å². The molecule has 6 heteroatoms. The van der Waals surface area contributed by atoms with Crippen LogP contribution in [0.4, 0.5) is 0 Å². The fourth-order valence-electron chi connectivity index (χ4n) is 3.69. The van der Waals surface area contributed by atoms with Crippen LogP contribution in [-0.4, -0.2) is 75.9 Å². The number of morpholine rings is 1. The molecule has 2 heterocycles. The average Bonchev–Trinajstić information content (AvgIpc) is 3.13. The summed E-state index contributed by atoms with van der Waals surface area (Å²) in [4.78, 5) is 9.22. The molecule has 6 nitrogen and oxygen atoms in total. The van der Waals surface area contributed by atoms with Crippen molar-refractivity contribution in [3.63, 3.8) is 0 Å². The van der Waals surface area contributed by atoms with Crippen LogP contribution in [0.2, 0.25) is 0 Å². The third-order valence-corrected chi connectivity index (χ3v) is 5.18. The summed E-state index contributed by atoms with van der Waals surface area (Å²) < 4.78 is 10.7. The number of hydrogen-bond acceptors (Lipinski definition) is 4. The summed E-state index contributed by atoms with van der Waals surface area (Å²) in [6, 6.07) is 8.90. The third-order valence-electron chi connectivity index (χ3n) is 5.18. The van der Waals surface area contributed by atoms with Crippen molar-refractivity contribution in [1.82, 2.24) is 15.1 Å². The van der Waals surface area contributed by atoms with Gasteiger partial charge in [-0.1, -0.05) is 24.3 Å². The number of likely N-dealkylation sites (tertiary alicyclic amines) is 1. The topological polar surface area (TPSA) is 49.3 Å². The zero-order valence-electron chi connectivity index (χ0n) is 16.1. The zero-order chi connectivity index (χ0) is 18.2. The Labute approximate surface area is 157 Å². The van der Waals surface area contributed by atoms with Crippen LogP contribution in [0.5, 0.6) is 0 Å². The van der Waals surface area contributed by atoms with Crippen LogP contribution in [0, 0.1) is 5.92 Å². The molecule has 2 saturated heterocycles. The van der Waals surface area contributed by atoms with Gasteiger partial charge < -0.3 is 19.7 Å². The van der Waals surface area contributed by atoms with E-state index in [1.54, 1.807) is 7.11 Å². The fourth-order valence-corrected chi connectivity index (χ4v) is 3.69. The van der Waals surface area contributed by atoms with Crippen molar-refractivity contribution in [3.05, 3.63) is 35.4 Å². The van der Waals surface area contributed by atoms with Gasteiger partial charge in [0.15, 0.2) is 5.96 Å². The second-order valence-electron chi connectivity index (χ2n) is 7.16. The van der Waals surface area contributed by atoms with E-state index in [0.29, 0.717) is 5.92 Å². The molecule has 2 fully saturated rings. The van der Waals surface area contributed by atoms with Crippen molar-refractivity contribution in [2.45, 2.75) is 19.5 Å². The van der Waals surface area contributed by atoms with E-state index >= 15 is 0 Å². The first-order valence-electron chi connectivity index (χ1n) is 9.61. The molecule has 1 N–H and O–H groups in total. The minimum atomic E-state index is 0.609. The molecule has 0 amide bonds. The van der Waals surface area contributed by atoms with E-state index in [9.17, 15) is 0 Å². The van der Waals surface area contributed by atoms with Gasteiger partial charge in [0.25, 0.3) is 0 Å². The summed E-state index contributed by atoms with van der Waals surface area (Å²) in [6.45, 7) is 8.46. The Morgan fingerprint density at radius 2 is 1.92 bits per heavy atom. The molecular formula is C20H32N4O2. The zero-order valence-corrected chi connectivity index (χ0v) is 16.1. The third kappa shape index (κ3) is 5.43. The van der Waals surface area contributed by atoms with Gasteiger partial charge in [-0.2, -0.15) is 0 Å². The average molecular weight is 361 g/mol. The number of guanidine groups is 1. The smallest absolute Gasteiger partial charge is 0.193 e. The van der Waals surface area contributed by atoms with Crippen LogP contribution in [0.25, 0.3) is 0 Å². The Morgan fingerprint density at radius 3 is 2.62 bits per heavy atom. The molecule has 0 aliphatic carbocycles. The maximum Gasteiger partial charge on any atom is 0.193 e. The first-order chi connectivity index (χ1) is 12.8. The largest absolute Gasteiger partial charge is 0.384 e. The van der Waals surface area contributed by atoms with Crippen LogP contribution in [0.3, 0.4) is 0 Å². The molecule has 0 radical (unpaired) electrons. The highest BCUT2D eigenvalue weighted by atomic mass is 16.5. The van der Waals surface area contributed by atoms with E-state index in [1.165, 1.54) is 17.5 Å². The molecule has 26 heavy (non-hydrogen) atoms. The maximum atomic E-state index is 5.41. The van der Waals surface area contributed by atoms with E-state index in [-0.39, 0.29) is 0 Å². The highest BCUT2D eigenvalue weighted by molar-refractivity contribution is 5.80. The first-order valence-corrected chi connectivity index (χ1v) is 9.61. The number of hydrogen-bond donors (Lipinski definition) is 1. The Bertz CT molecular complexity index is 570. The van der Waals surface area contributed by atoms with Gasteiger partial charge >= 0.3 is 0 Å². The second-order valence-corrected chi connectivity index (χ2v) is 7.16. The lowest BCUT2D eigenvalue weighted by molar-refractivity contribution is 0.0342. The molecule has 2 aliphatic rings. The summed E-state index contributed by atoms with van der Waals surface area (Å²) in [5.41, 5.74) is 2.64. The first kappa shape index (κ1) is 19.1. The number of nitrogens with zero attached hydrogens (tertiary/aromatic N) is 3. The van der Waals surface area contributed by atoms with E-state index in [1.807, 2.05) is 7.05 Å². The minimum Gasteiger partial charge on any atom is -0.384 e. The van der Waals surface area contributed by atoms with Gasteiger partial charge in [-0.3, -0.25) is 9.89 Å². The van der Waals surface area contributed by atoms with Gasteiger partial charge in [0, 0.05) is 59.3 Å². The lowest BCUT2D eigenvalue weighted by atomic mass is 10.1. The van der Waals surface area contributed by atoms with Crippen LogP contribution in [0.1, 0.15) is 17.5 Å². The van der Waals surface area contributed by atoms with Crippen molar-refractivity contribution < 1.29 is 9.47 Å². The summed E-state index contributed by atoms with van der Waals surface area (Å²) >= 11 is 0. The van der Waals surface area contributed by atoms with Crippen molar-refractivity contribution in [1.29, 1.82) is 0 Å². The van der Waals surface area contributed by atoms with E-state index < -0.39 is 0 Å². The van der Waals surface area contributed by atoms with Crippen LogP contribution < -0.4 is 5.32 Å². The van der Waals surface area contributed by atoms with Gasteiger partial charge in [-0.25, -0.2) is 0 Å². The van der Waals surface area contributed by atoms with Gasteiger partial charge in [0.2, 0.25) is 0 Å². The molecular weight excluding hydrogens is 328 g/mol. The van der Waals surface area contributed by atoms with E-state index in [4.69, 9.17) is 9.47 Å². The Kier molecular flexibility index (Phi) is 7.29. The van der Waals surface area contributed by atoms with E-state index in [0.717, 1.165) is 65.0 Å². The van der Waals surface area contributed by atoms with Gasteiger partial charge in [0.1, 0.15) is 0 Å². The second kappa shape index (κ2) is 9.90. The number of methoxy groups -OCH3 is 1. The van der Waals surface area contributed by atoms with Gasteiger partial charge in [-0.05, 0) is 17.5 Å². The lowest BCUT2D eigenvalue weighted by Gasteiger charge is -2.26. The standard InChI is InChI=1S/C20H32N4O2/c1-21-20(24-8-7-19(15-24)16-25-2)22-13-17-3-5-18(6-4-17)14-23-9-11-26-12-10-23/h3-6,19H,7-16H2,1-2H3,(H,21,22). The van der Waals surface area contributed by atoms with Crippen LogP contribution >= 0.6 is 0 Å². The fraction of sp³-hybridized carbons (Fsp3) is 0.650. The van der Waals surface area contributed by atoms with Gasteiger partial charge in [0.05, 0.1) is 19.8 Å².